The second kappa shape index (κ2) is 8.27. The number of carbonyl (C=O) groups excluding carboxylic acids is 1. The first-order valence-corrected chi connectivity index (χ1v) is 6.46. The molecular formula is C14H26O4. The van der Waals surface area contributed by atoms with Crippen molar-refractivity contribution >= 4 is 5.97 Å². The van der Waals surface area contributed by atoms with Crippen molar-refractivity contribution in [3.63, 3.8) is 0 Å². The molecule has 0 saturated heterocycles. The van der Waals surface area contributed by atoms with Gasteiger partial charge in [-0.05, 0) is 34.1 Å². The molecule has 0 aliphatic heterocycles. The van der Waals surface area contributed by atoms with Crippen molar-refractivity contribution in [2.24, 2.45) is 0 Å². The third-order valence-electron chi connectivity index (χ3n) is 2.82. The van der Waals surface area contributed by atoms with Gasteiger partial charge in [0, 0.05) is 18.6 Å². The standard InChI is InChI=1S/C14H26O4/c1-7-14(6,18-13(15)11(3)4)9-10-17-12(5)16-8-2/h12H,3,7-10H2,1-2,4-6H3. The van der Waals surface area contributed by atoms with Crippen molar-refractivity contribution in [2.75, 3.05) is 13.2 Å². The van der Waals surface area contributed by atoms with E-state index in [1.54, 1.807) is 6.92 Å². The molecule has 0 aliphatic carbocycles. The number of carbonyl (C=O) groups is 1. The zero-order chi connectivity index (χ0) is 14.2. The number of ether oxygens (including phenoxy) is 3. The molecule has 0 aromatic heterocycles. The number of esters is 1. The molecule has 0 aromatic rings. The lowest BCUT2D eigenvalue weighted by Gasteiger charge is -2.29. The topological polar surface area (TPSA) is 44.8 Å². The largest absolute Gasteiger partial charge is 0.456 e. The van der Waals surface area contributed by atoms with Crippen LogP contribution < -0.4 is 0 Å². The Hall–Kier alpha value is -0.870. The van der Waals surface area contributed by atoms with Crippen LogP contribution in [0, 0.1) is 0 Å². The van der Waals surface area contributed by atoms with Crippen LogP contribution >= 0.6 is 0 Å². The van der Waals surface area contributed by atoms with Crippen molar-refractivity contribution in [1.29, 1.82) is 0 Å². The minimum absolute atomic E-state index is 0.229. The highest BCUT2D eigenvalue weighted by Gasteiger charge is 2.27. The van der Waals surface area contributed by atoms with Crippen molar-refractivity contribution in [2.45, 2.75) is 59.4 Å². The first kappa shape index (κ1) is 17.1. The fourth-order valence-electron chi connectivity index (χ4n) is 1.33. The van der Waals surface area contributed by atoms with E-state index < -0.39 is 5.60 Å². The van der Waals surface area contributed by atoms with Crippen LogP contribution in [0.4, 0.5) is 0 Å². The summed E-state index contributed by atoms with van der Waals surface area (Å²) >= 11 is 0. The van der Waals surface area contributed by atoms with Gasteiger partial charge in [0.2, 0.25) is 0 Å². The van der Waals surface area contributed by atoms with Crippen LogP contribution in [-0.2, 0) is 19.0 Å². The molecule has 0 rings (SSSR count). The van der Waals surface area contributed by atoms with Gasteiger partial charge in [-0.15, -0.1) is 0 Å². The zero-order valence-corrected chi connectivity index (χ0v) is 12.2. The molecule has 0 aliphatic rings. The molecule has 0 N–H and O–H groups in total. The fourth-order valence-corrected chi connectivity index (χ4v) is 1.33. The van der Waals surface area contributed by atoms with E-state index in [2.05, 4.69) is 6.58 Å². The molecule has 0 bridgehead atoms. The molecule has 2 unspecified atom stereocenters. The van der Waals surface area contributed by atoms with E-state index in [1.807, 2.05) is 27.7 Å². The first-order chi connectivity index (χ1) is 8.34. The van der Waals surface area contributed by atoms with Gasteiger partial charge in [-0.1, -0.05) is 13.5 Å². The van der Waals surface area contributed by atoms with E-state index in [0.717, 1.165) is 6.42 Å². The fraction of sp³-hybridized carbons (Fsp3) is 0.786. The summed E-state index contributed by atoms with van der Waals surface area (Å²) in [5, 5.41) is 0. The summed E-state index contributed by atoms with van der Waals surface area (Å²) in [6.45, 7) is 14.0. The van der Waals surface area contributed by atoms with Gasteiger partial charge in [-0.3, -0.25) is 0 Å². The minimum atomic E-state index is -0.512. The average molecular weight is 258 g/mol. The van der Waals surface area contributed by atoms with Gasteiger partial charge >= 0.3 is 5.97 Å². The van der Waals surface area contributed by atoms with Crippen LogP contribution in [0.25, 0.3) is 0 Å². The third-order valence-corrected chi connectivity index (χ3v) is 2.82. The van der Waals surface area contributed by atoms with Crippen LogP contribution in [0.1, 0.15) is 47.5 Å². The molecule has 0 saturated carbocycles. The summed E-state index contributed by atoms with van der Waals surface area (Å²) in [5.41, 5.74) is -0.0969. The third kappa shape index (κ3) is 6.77. The Balaban J connectivity index is 4.15. The number of hydrogen-bond donors (Lipinski definition) is 0. The normalized spacial score (nSPS) is 15.8. The van der Waals surface area contributed by atoms with Crippen LogP contribution in [0.5, 0.6) is 0 Å². The predicted molar refractivity (Wildman–Crippen MR) is 71.3 cm³/mol. The Morgan fingerprint density at radius 3 is 2.39 bits per heavy atom. The maximum atomic E-state index is 11.5. The average Bonchev–Trinajstić information content (AvgIpc) is 2.29. The second-order valence-corrected chi connectivity index (χ2v) is 4.62. The van der Waals surface area contributed by atoms with E-state index in [1.165, 1.54) is 0 Å². The van der Waals surface area contributed by atoms with E-state index in [-0.39, 0.29) is 12.3 Å². The smallest absolute Gasteiger partial charge is 0.333 e. The molecule has 106 valence electrons. The summed E-state index contributed by atoms with van der Waals surface area (Å²) < 4.78 is 16.2. The Kier molecular flexibility index (Phi) is 7.87. The minimum Gasteiger partial charge on any atom is -0.456 e. The summed E-state index contributed by atoms with van der Waals surface area (Å²) in [4.78, 5) is 11.5. The number of rotatable bonds is 9. The van der Waals surface area contributed by atoms with Crippen LogP contribution in [-0.4, -0.2) is 31.1 Å². The van der Waals surface area contributed by atoms with Crippen LogP contribution in [0.3, 0.4) is 0 Å². The SMILES string of the molecule is C=C(C)C(=O)OC(C)(CC)CCOC(C)OCC. The van der Waals surface area contributed by atoms with E-state index in [4.69, 9.17) is 14.2 Å². The van der Waals surface area contributed by atoms with Crippen molar-refractivity contribution in [3.8, 4) is 0 Å². The second-order valence-electron chi connectivity index (χ2n) is 4.62. The lowest BCUT2D eigenvalue weighted by Crippen LogP contribution is -2.33. The van der Waals surface area contributed by atoms with Gasteiger partial charge in [0.1, 0.15) is 5.60 Å². The molecule has 0 heterocycles. The Morgan fingerprint density at radius 2 is 1.94 bits per heavy atom. The molecule has 0 aromatic carbocycles. The molecule has 0 amide bonds. The highest BCUT2D eigenvalue weighted by molar-refractivity contribution is 5.87. The molecule has 0 fully saturated rings. The van der Waals surface area contributed by atoms with Crippen LogP contribution in [0.15, 0.2) is 12.2 Å². The summed E-state index contributed by atoms with van der Waals surface area (Å²) in [5.74, 6) is -0.350. The monoisotopic (exact) mass is 258 g/mol. The van der Waals surface area contributed by atoms with Crippen molar-refractivity contribution in [1.82, 2.24) is 0 Å². The lowest BCUT2D eigenvalue weighted by molar-refractivity contribution is -0.161. The summed E-state index contributed by atoms with van der Waals surface area (Å²) in [6, 6.07) is 0. The maximum absolute atomic E-state index is 11.5. The Labute approximate surface area is 110 Å². The quantitative estimate of drug-likeness (QED) is 0.362. The van der Waals surface area contributed by atoms with E-state index >= 15 is 0 Å². The van der Waals surface area contributed by atoms with Gasteiger partial charge in [0.05, 0.1) is 6.61 Å². The predicted octanol–water partition coefficient (Wildman–Crippen LogP) is 3.06. The number of hydrogen-bond acceptors (Lipinski definition) is 4. The molecular weight excluding hydrogens is 232 g/mol. The lowest BCUT2D eigenvalue weighted by atomic mass is 9.99. The molecule has 4 nitrogen and oxygen atoms in total. The molecule has 18 heavy (non-hydrogen) atoms. The summed E-state index contributed by atoms with van der Waals surface area (Å²) in [6.07, 6.45) is 1.14. The van der Waals surface area contributed by atoms with Gasteiger partial charge in [-0.2, -0.15) is 0 Å². The molecule has 0 spiro atoms. The molecule has 0 radical (unpaired) electrons. The molecule has 2 atom stereocenters. The Bertz CT molecular complexity index is 275. The molecule has 4 heteroatoms. The van der Waals surface area contributed by atoms with Crippen molar-refractivity contribution < 1.29 is 19.0 Å². The highest BCUT2D eigenvalue weighted by atomic mass is 16.7. The summed E-state index contributed by atoms with van der Waals surface area (Å²) in [7, 11) is 0. The van der Waals surface area contributed by atoms with Gasteiger partial charge in [0.15, 0.2) is 6.29 Å². The van der Waals surface area contributed by atoms with Crippen LogP contribution in [0.2, 0.25) is 0 Å². The maximum Gasteiger partial charge on any atom is 0.333 e. The van der Waals surface area contributed by atoms with Crippen molar-refractivity contribution in [3.05, 3.63) is 12.2 Å². The van der Waals surface area contributed by atoms with Gasteiger partial charge in [0.25, 0.3) is 0 Å². The first-order valence-electron chi connectivity index (χ1n) is 6.46. The highest BCUT2D eigenvalue weighted by Crippen LogP contribution is 2.21. The van der Waals surface area contributed by atoms with E-state index in [9.17, 15) is 4.79 Å². The Morgan fingerprint density at radius 1 is 1.33 bits per heavy atom. The zero-order valence-electron chi connectivity index (χ0n) is 12.2. The van der Waals surface area contributed by atoms with Gasteiger partial charge in [-0.25, -0.2) is 4.79 Å². The van der Waals surface area contributed by atoms with Gasteiger partial charge < -0.3 is 14.2 Å². The van der Waals surface area contributed by atoms with E-state index in [0.29, 0.717) is 25.2 Å².